The molecule has 1 heterocycles. The van der Waals surface area contributed by atoms with Gasteiger partial charge in [0.15, 0.2) is 10.3 Å². The first kappa shape index (κ1) is 23.2. The topological polar surface area (TPSA) is 97.1 Å². The van der Waals surface area contributed by atoms with Crippen LogP contribution in [-0.4, -0.2) is 26.0 Å². The maximum atomic E-state index is 14.5. The van der Waals surface area contributed by atoms with Crippen LogP contribution >= 0.6 is 22.9 Å². The highest BCUT2D eigenvalue weighted by Crippen LogP contribution is 2.31. The Morgan fingerprint density at radius 3 is 2.70 bits per heavy atom. The van der Waals surface area contributed by atoms with E-state index >= 15 is 0 Å². The number of unbranched alkanes of at least 4 members (excludes halogenated alkanes) is 2. The van der Waals surface area contributed by atoms with Crippen molar-refractivity contribution in [3.05, 3.63) is 34.3 Å². The number of thiazole rings is 1. The minimum absolute atomic E-state index is 0.0824. The molecule has 0 radical (unpaired) electrons. The molecule has 0 unspecified atom stereocenters. The highest BCUT2D eigenvalue weighted by Gasteiger charge is 2.24. The maximum absolute atomic E-state index is 14.5. The first-order valence-corrected chi connectivity index (χ1v) is 12.6. The molecule has 4 N–H and O–H groups in total. The molecule has 1 saturated carbocycles. The Labute approximate surface area is 184 Å². The molecule has 11 heteroatoms. The number of nitrogens with one attached hydrogen (secondary N) is 2. The predicted molar refractivity (Wildman–Crippen MR) is 117 cm³/mol. The molecule has 2 atom stereocenters. The van der Waals surface area contributed by atoms with E-state index in [2.05, 4.69) is 10.3 Å². The fourth-order valence-corrected chi connectivity index (χ4v) is 5.86. The Hall–Kier alpha value is -1.49. The van der Waals surface area contributed by atoms with Crippen LogP contribution in [-0.2, 0) is 10.0 Å². The third-order valence-electron chi connectivity index (χ3n) is 5.30. The van der Waals surface area contributed by atoms with Crippen LogP contribution in [0.1, 0.15) is 44.9 Å². The lowest BCUT2D eigenvalue weighted by molar-refractivity contribution is 0.424. The normalized spacial score (nSPS) is 19.2. The molecule has 6 nitrogen and oxygen atoms in total. The van der Waals surface area contributed by atoms with E-state index in [1.165, 1.54) is 12.8 Å². The number of rotatable bonds is 10. The predicted octanol–water partition coefficient (Wildman–Crippen LogP) is 4.98. The van der Waals surface area contributed by atoms with E-state index in [0.29, 0.717) is 35.5 Å². The molecule has 30 heavy (non-hydrogen) atoms. The van der Waals surface area contributed by atoms with Gasteiger partial charge in [0, 0.05) is 12.6 Å². The SMILES string of the molecule is N[C@@H]1CCC[C@H]1CCCCCNc1cc(F)c(S(=O)(=O)Nc2ncc(F)s2)cc1Cl. The first-order chi connectivity index (χ1) is 14.3. The minimum atomic E-state index is -4.28. The summed E-state index contributed by atoms with van der Waals surface area (Å²) in [5.74, 6) is -0.327. The Bertz CT molecular complexity index is 971. The monoisotopic (exact) mass is 478 g/mol. The van der Waals surface area contributed by atoms with Gasteiger partial charge in [-0.2, -0.15) is 4.39 Å². The lowest BCUT2D eigenvalue weighted by Crippen LogP contribution is -2.24. The smallest absolute Gasteiger partial charge is 0.266 e. The molecule has 1 aliphatic rings. The zero-order valence-corrected chi connectivity index (χ0v) is 18.7. The van der Waals surface area contributed by atoms with Crippen LogP contribution in [0.2, 0.25) is 5.02 Å². The van der Waals surface area contributed by atoms with E-state index in [-0.39, 0.29) is 10.2 Å². The molecule has 2 aromatic rings. The van der Waals surface area contributed by atoms with Gasteiger partial charge in [-0.05, 0) is 43.7 Å². The van der Waals surface area contributed by atoms with Crippen molar-refractivity contribution in [2.75, 3.05) is 16.6 Å². The van der Waals surface area contributed by atoms with Crippen LogP contribution < -0.4 is 15.8 Å². The van der Waals surface area contributed by atoms with Crippen molar-refractivity contribution >= 4 is 43.8 Å². The van der Waals surface area contributed by atoms with E-state index in [1.54, 1.807) is 0 Å². The molecule has 0 bridgehead atoms. The number of halogens is 3. The molecule has 166 valence electrons. The van der Waals surface area contributed by atoms with E-state index in [0.717, 1.165) is 50.4 Å². The quantitative estimate of drug-likeness (QED) is 0.418. The third-order valence-corrected chi connectivity index (χ3v) is 7.79. The highest BCUT2D eigenvalue weighted by atomic mass is 35.5. The van der Waals surface area contributed by atoms with Crippen molar-refractivity contribution in [2.24, 2.45) is 11.7 Å². The third kappa shape index (κ3) is 6.03. The average molecular weight is 479 g/mol. The van der Waals surface area contributed by atoms with Crippen molar-refractivity contribution in [1.82, 2.24) is 4.98 Å². The van der Waals surface area contributed by atoms with Gasteiger partial charge >= 0.3 is 0 Å². The highest BCUT2D eigenvalue weighted by molar-refractivity contribution is 7.93. The van der Waals surface area contributed by atoms with Gasteiger partial charge in [0.25, 0.3) is 10.0 Å². The van der Waals surface area contributed by atoms with E-state index in [1.807, 2.05) is 4.72 Å². The second-order valence-corrected chi connectivity index (χ2v) is 10.5. The van der Waals surface area contributed by atoms with Crippen molar-refractivity contribution < 1.29 is 17.2 Å². The van der Waals surface area contributed by atoms with Gasteiger partial charge in [0.2, 0.25) is 0 Å². The fraction of sp³-hybridized carbons (Fsp3) is 0.526. The second-order valence-electron chi connectivity index (χ2n) is 7.47. The molecule has 0 amide bonds. The first-order valence-electron chi connectivity index (χ1n) is 9.89. The average Bonchev–Trinajstić information content (AvgIpc) is 3.27. The summed E-state index contributed by atoms with van der Waals surface area (Å²) in [4.78, 5) is 2.95. The van der Waals surface area contributed by atoms with Gasteiger partial charge in [-0.25, -0.2) is 17.8 Å². The van der Waals surface area contributed by atoms with Crippen LogP contribution in [0.15, 0.2) is 23.2 Å². The molecule has 1 aromatic heterocycles. The standard InChI is InChI=1S/C19H25ClF2N4O2S2/c20-13-9-17(30(27,28)26-19-25-11-18(22)29-19)14(21)10-16(13)24-8-3-1-2-5-12-6-4-7-15(12)23/h9-12,15,24H,1-8,23H2,(H,25,26)/t12-,15-/m1/s1. The molecule has 3 rings (SSSR count). The molecule has 0 aliphatic heterocycles. The van der Waals surface area contributed by atoms with Crippen LogP contribution in [0.5, 0.6) is 0 Å². The summed E-state index contributed by atoms with van der Waals surface area (Å²) < 4.78 is 54.2. The summed E-state index contributed by atoms with van der Waals surface area (Å²) in [7, 11) is -4.28. The van der Waals surface area contributed by atoms with Crippen molar-refractivity contribution in [3.63, 3.8) is 0 Å². The van der Waals surface area contributed by atoms with Gasteiger partial charge < -0.3 is 11.1 Å². The van der Waals surface area contributed by atoms with Gasteiger partial charge in [-0.15, -0.1) is 0 Å². The van der Waals surface area contributed by atoms with E-state index < -0.39 is 25.9 Å². The van der Waals surface area contributed by atoms with E-state index in [9.17, 15) is 17.2 Å². The van der Waals surface area contributed by atoms with Gasteiger partial charge in [0.05, 0.1) is 16.9 Å². The Balaban J connectivity index is 1.51. The molecule has 1 fully saturated rings. The summed E-state index contributed by atoms with van der Waals surface area (Å²) in [5.41, 5.74) is 6.41. The summed E-state index contributed by atoms with van der Waals surface area (Å²) >= 11 is 6.65. The largest absolute Gasteiger partial charge is 0.384 e. The van der Waals surface area contributed by atoms with Crippen LogP contribution in [0.3, 0.4) is 0 Å². The van der Waals surface area contributed by atoms with Crippen molar-refractivity contribution in [1.29, 1.82) is 0 Å². The van der Waals surface area contributed by atoms with Crippen molar-refractivity contribution in [3.8, 4) is 0 Å². The summed E-state index contributed by atoms with van der Waals surface area (Å²) in [6.07, 6.45) is 8.59. The summed E-state index contributed by atoms with van der Waals surface area (Å²) in [6.45, 7) is 0.596. The molecule has 1 aromatic carbocycles. The number of nitrogens with two attached hydrogens (primary N) is 1. The summed E-state index contributed by atoms with van der Waals surface area (Å²) in [5, 5.41) is 2.29. The number of sulfonamides is 1. The van der Waals surface area contributed by atoms with Crippen LogP contribution in [0.25, 0.3) is 0 Å². The number of benzene rings is 1. The zero-order chi connectivity index (χ0) is 21.7. The van der Waals surface area contributed by atoms with Crippen LogP contribution in [0.4, 0.5) is 19.6 Å². The maximum Gasteiger partial charge on any atom is 0.266 e. The second kappa shape index (κ2) is 10.2. The number of hydrogen-bond donors (Lipinski definition) is 3. The fourth-order valence-electron chi connectivity index (χ4n) is 3.70. The minimum Gasteiger partial charge on any atom is -0.384 e. The Kier molecular flexibility index (Phi) is 7.89. The van der Waals surface area contributed by atoms with E-state index in [4.69, 9.17) is 17.3 Å². The Morgan fingerprint density at radius 1 is 1.23 bits per heavy atom. The lowest BCUT2D eigenvalue weighted by atomic mass is 9.97. The molecule has 0 saturated heterocycles. The lowest BCUT2D eigenvalue weighted by Gasteiger charge is -2.15. The molecular formula is C19H25ClF2N4O2S2. The number of anilines is 2. The zero-order valence-electron chi connectivity index (χ0n) is 16.3. The molecular weight excluding hydrogens is 454 g/mol. The number of nitrogens with zero attached hydrogens (tertiary/aromatic N) is 1. The Morgan fingerprint density at radius 2 is 2.03 bits per heavy atom. The molecule has 0 spiro atoms. The molecule has 1 aliphatic carbocycles. The number of hydrogen-bond acceptors (Lipinski definition) is 6. The summed E-state index contributed by atoms with van der Waals surface area (Å²) in [6, 6.07) is 2.42. The van der Waals surface area contributed by atoms with Gasteiger partial charge in [0.1, 0.15) is 10.7 Å². The van der Waals surface area contributed by atoms with Crippen LogP contribution in [0, 0.1) is 16.9 Å². The van der Waals surface area contributed by atoms with Crippen molar-refractivity contribution in [2.45, 2.75) is 55.9 Å². The van der Waals surface area contributed by atoms with Gasteiger partial charge in [-0.1, -0.05) is 42.2 Å². The van der Waals surface area contributed by atoms with Gasteiger partial charge in [-0.3, -0.25) is 4.72 Å². The number of aromatic nitrogens is 1.